The van der Waals surface area contributed by atoms with Crippen molar-refractivity contribution in [2.24, 2.45) is 5.92 Å². The summed E-state index contributed by atoms with van der Waals surface area (Å²) in [5.74, 6) is 1.04. The molecule has 4 heteroatoms. The van der Waals surface area contributed by atoms with Crippen LogP contribution in [-0.2, 0) is 12.8 Å². The molecule has 0 bridgehead atoms. The Kier molecular flexibility index (Phi) is 3.76. The maximum Gasteiger partial charge on any atom is 0.218 e. The maximum atomic E-state index is 14.5. The molecule has 120 valence electrons. The highest BCUT2D eigenvalue weighted by atomic mass is 35.5. The second-order valence-corrected chi connectivity index (χ2v) is 6.86. The zero-order valence-corrected chi connectivity index (χ0v) is 13.9. The molecule has 1 aromatic heterocycles. The van der Waals surface area contributed by atoms with Gasteiger partial charge in [0, 0.05) is 11.1 Å². The van der Waals surface area contributed by atoms with Crippen molar-refractivity contribution in [1.82, 2.24) is 4.98 Å². The Labute approximate surface area is 140 Å². The van der Waals surface area contributed by atoms with E-state index in [-0.39, 0.29) is 11.9 Å². The number of aryl methyl sites for hydroxylation is 1. The summed E-state index contributed by atoms with van der Waals surface area (Å²) < 4.78 is 20.6. The van der Waals surface area contributed by atoms with Crippen molar-refractivity contribution < 1.29 is 9.13 Å². The molecule has 0 amide bonds. The molecule has 2 nitrogen and oxygen atoms in total. The number of aromatic nitrogens is 1. The van der Waals surface area contributed by atoms with E-state index in [0.29, 0.717) is 22.5 Å². The van der Waals surface area contributed by atoms with Gasteiger partial charge in [0.05, 0.1) is 0 Å². The zero-order chi connectivity index (χ0) is 16.0. The normalized spacial score (nSPS) is 20.0. The fourth-order valence-electron chi connectivity index (χ4n) is 3.38. The van der Waals surface area contributed by atoms with Crippen LogP contribution in [0.4, 0.5) is 4.39 Å². The number of halogens is 2. The molecule has 0 radical (unpaired) electrons. The van der Waals surface area contributed by atoms with E-state index >= 15 is 0 Å². The summed E-state index contributed by atoms with van der Waals surface area (Å²) in [4.78, 5) is 4.34. The first-order valence-electron chi connectivity index (χ1n) is 8.30. The molecule has 0 spiro atoms. The standard InChI is InChI=1S/C19H19ClFNO/c1-2-11-3-6-13(16(21)9-11)15-10-18(20)22-19-14(15)7-8-17(23-19)12-4-5-12/h3,6,9-10,12,17H,2,4-5,7-8H2,1H3. The summed E-state index contributed by atoms with van der Waals surface area (Å²) in [6, 6.07) is 7.17. The van der Waals surface area contributed by atoms with Crippen molar-refractivity contribution in [3.05, 3.63) is 46.4 Å². The van der Waals surface area contributed by atoms with Gasteiger partial charge in [-0.3, -0.25) is 0 Å². The number of pyridine rings is 1. The molecule has 2 aromatic rings. The van der Waals surface area contributed by atoms with Gasteiger partial charge < -0.3 is 4.74 Å². The summed E-state index contributed by atoms with van der Waals surface area (Å²) in [5, 5.41) is 0.356. The number of benzene rings is 1. The average Bonchev–Trinajstić information content (AvgIpc) is 3.38. The summed E-state index contributed by atoms with van der Waals surface area (Å²) in [7, 11) is 0. The molecule has 1 aromatic carbocycles. The molecule has 4 rings (SSSR count). The fraction of sp³-hybridized carbons (Fsp3) is 0.421. The highest BCUT2D eigenvalue weighted by Gasteiger charge is 2.36. The van der Waals surface area contributed by atoms with Gasteiger partial charge in [-0.25, -0.2) is 9.37 Å². The highest BCUT2D eigenvalue weighted by molar-refractivity contribution is 6.29. The van der Waals surface area contributed by atoms with E-state index in [2.05, 4.69) is 4.98 Å². The van der Waals surface area contributed by atoms with E-state index in [1.54, 1.807) is 12.1 Å². The quantitative estimate of drug-likeness (QED) is 0.720. The zero-order valence-electron chi connectivity index (χ0n) is 13.1. The second kappa shape index (κ2) is 5.79. The molecule has 1 aliphatic carbocycles. The highest BCUT2D eigenvalue weighted by Crippen LogP contribution is 2.43. The van der Waals surface area contributed by atoms with E-state index in [9.17, 15) is 4.39 Å². The third-order valence-electron chi connectivity index (χ3n) is 4.88. The lowest BCUT2D eigenvalue weighted by molar-refractivity contribution is 0.144. The van der Waals surface area contributed by atoms with Crippen molar-refractivity contribution in [2.45, 2.75) is 45.1 Å². The molecule has 0 saturated heterocycles. The molecular formula is C19H19ClFNO. The molecule has 23 heavy (non-hydrogen) atoms. The van der Waals surface area contributed by atoms with Crippen LogP contribution in [0.5, 0.6) is 5.88 Å². The van der Waals surface area contributed by atoms with Gasteiger partial charge in [0.2, 0.25) is 5.88 Å². The van der Waals surface area contributed by atoms with Crippen LogP contribution >= 0.6 is 11.6 Å². The van der Waals surface area contributed by atoms with Gasteiger partial charge in [-0.05, 0) is 61.3 Å². The van der Waals surface area contributed by atoms with Crippen LogP contribution in [0.25, 0.3) is 11.1 Å². The third kappa shape index (κ3) is 2.83. The maximum absolute atomic E-state index is 14.5. The Balaban J connectivity index is 1.77. The molecular weight excluding hydrogens is 313 g/mol. The summed E-state index contributed by atoms with van der Waals surface area (Å²) in [5.41, 5.74) is 3.37. The average molecular weight is 332 g/mol. The Morgan fingerprint density at radius 1 is 1.22 bits per heavy atom. The van der Waals surface area contributed by atoms with Crippen LogP contribution in [0, 0.1) is 11.7 Å². The van der Waals surface area contributed by atoms with Crippen molar-refractivity contribution in [3.63, 3.8) is 0 Å². The van der Waals surface area contributed by atoms with Crippen LogP contribution in [-0.4, -0.2) is 11.1 Å². The molecule has 2 heterocycles. The Morgan fingerprint density at radius 2 is 2.04 bits per heavy atom. The minimum Gasteiger partial charge on any atom is -0.474 e. The molecule has 1 saturated carbocycles. The van der Waals surface area contributed by atoms with Crippen molar-refractivity contribution in [1.29, 1.82) is 0 Å². The molecule has 1 aliphatic heterocycles. The predicted octanol–water partition coefficient (Wildman–Crippen LogP) is 5.21. The number of rotatable bonds is 3. The Bertz CT molecular complexity index is 757. The summed E-state index contributed by atoms with van der Waals surface area (Å²) in [6.45, 7) is 2.02. The van der Waals surface area contributed by atoms with Crippen molar-refractivity contribution in [2.75, 3.05) is 0 Å². The van der Waals surface area contributed by atoms with E-state index in [1.807, 2.05) is 19.1 Å². The molecule has 0 N–H and O–H groups in total. The van der Waals surface area contributed by atoms with Gasteiger partial charge >= 0.3 is 0 Å². The first-order chi connectivity index (χ1) is 11.2. The van der Waals surface area contributed by atoms with Crippen molar-refractivity contribution in [3.8, 4) is 17.0 Å². The Hall–Kier alpha value is -1.61. The minimum atomic E-state index is -0.210. The summed E-state index contributed by atoms with van der Waals surface area (Å²) >= 11 is 6.17. The Morgan fingerprint density at radius 3 is 2.74 bits per heavy atom. The molecule has 2 aliphatic rings. The lowest BCUT2D eigenvalue weighted by Crippen LogP contribution is -2.25. The van der Waals surface area contributed by atoms with Crippen LogP contribution in [0.1, 0.15) is 37.3 Å². The smallest absolute Gasteiger partial charge is 0.218 e. The van der Waals surface area contributed by atoms with Crippen LogP contribution in [0.15, 0.2) is 24.3 Å². The minimum absolute atomic E-state index is 0.210. The first kappa shape index (κ1) is 14.9. The fourth-order valence-corrected chi connectivity index (χ4v) is 3.57. The van der Waals surface area contributed by atoms with Crippen molar-refractivity contribution >= 4 is 11.6 Å². The SMILES string of the molecule is CCc1ccc(-c2cc(Cl)nc3c2CCC(C2CC2)O3)c(F)c1. The topological polar surface area (TPSA) is 22.1 Å². The molecule has 1 atom stereocenters. The largest absolute Gasteiger partial charge is 0.474 e. The first-order valence-corrected chi connectivity index (χ1v) is 8.68. The number of fused-ring (bicyclic) bond motifs is 1. The van der Waals surface area contributed by atoms with Gasteiger partial charge in [0.1, 0.15) is 17.1 Å². The number of hydrogen-bond donors (Lipinski definition) is 0. The molecule has 1 unspecified atom stereocenters. The van der Waals surface area contributed by atoms with Gasteiger partial charge in [0.25, 0.3) is 0 Å². The van der Waals surface area contributed by atoms with E-state index in [1.165, 1.54) is 12.8 Å². The monoisotopic (exact) mass is 331 g/mol. The lowest BCUT2D eigenvalue weighted by Gasteiger charge is -2.27. The van der Waals surface area contributed by atoms with Gasteiger partial charge in [0.15, 0.2) is 0 Å². The van der Waals surface area contributed by atoms with E-state index < -0.39 is 0 Å². The van der Waals surface area contributed by atoms with Gasteiger partial charge in [-0.15, -0.1) is 0 Å². The van der Waals surface area contributed by atoms with Crippen LogP contribution in [0.3, 0.4) is 0 Å². The van der Waals surface area contributed by atoms with Gasteiger partial charge in [-0.1, -0.05) is 30.7 Å². The number of nitrogens with zero attached hydrogens (tertiary/aromatic N) is 1. The third-order valence-corrected chi connectivity index (χ3v) is 5.07. The van der Waals surface area contributed by atoms with E-state index in [4.69, 9.17) is 16.3 Å². The predicted molar refractivity (Wildman–Crippen MR) is 89.5 cm³/mol. The van der Waals surface area contributed by atoms with Crippen LogP contribution in [0.2, 0.25) is 5.15 Å². The summed E-state index contributed by atoms with van der Waals surface area (Å²) in [6.07, 6.45) is 5.38. The molecule has 1 fully saturated rings. The van der Waals surface area contributed by atoms with Gasteiger partial charge in [-0.2, -0.15) is 0 Å². The lowest BCUT2D eigenvalue weighted by atomic mass is 9.93. The van der Waals surface area contributed by atoms with E-state index in [0.717, 1.165) is 36.0 Å². The number of ether oxygens (including phenoxy) is 1. The number of hydrogen-bond acceptors (Lipinski definition) is 2. The second-order valence-electron chi connectivity index (χ2n) is 6.48. The van der Waals surface area contributed by atoms with Crippen LogP contribution < -0.4 is 4.74 Å².